The Hall–Kier alpha value is -0.550. The molecule has 1 aromatic heterocycles. The average Bonchev–Trinajstić information content (AvgIpc) is 2.53. The molecule has 126 valence electrons. The minimum absolute atomic E-state index is 0.218. The molecule has 0 atom stereocenters. The minimum Gasteiger partial charge on any atom is -0.309 e. The Morgan fingerprint density at radius 1 is 1.09 bits per heavy atom. The molecule has 7 heteroatoms. The van der Waals surface area contributed by atoms with E-state index in [1.54, 1.807) is 0 Å². The molecule has 4 nitrogen and oxygen atoms in total. The molecule has 0 aliphatic carbocycles. The van der Waals surface area contributed by atoms with Crippen molar-refractivity contribution in [2.45, 2.75) is 33.8 Å². The SMILES string of the molecule is CCOP(=S)(OCC)OCc1cc2cccc(CC)c2nc1Cl. The number of hydrogen-bond acceptors (Lipinski definition) is 5. The highest BCUT2D eigenvalue weighted by atomic mass is 35.5. The first-order valence-electron chi connectivity index (χ1n) is 7.63. The first kappa shape index (κ1) is 18.8. The first-order chi connectivity index (χ1) is 11.0. The summed E-state index contributed by atoms with van der Waals surface area (Å²) in [4.78, 5) is 4.52. The van der Waals surface area contributed by atoms with Crippen LogP contribution < -0.4 is 0 Å². The third-order valence-electron chi connectivity index (χ3n) is 3.29. The molecule has 23 heavy (non-hydrogen) atoms. The van der Waals surface area contributed by atoms with Crippen molar-refractivity contribution in [3.8, 4) is 0 Å². The van der Waals surface area contributed by atoms with E-state index in [0.29, 0.717) is 18.4 Å². The van der Waals surface area contributed by atoms with Crippen LogP contribution in [0.2, 0.25) is 5.15 Å². The molecular weight excluding hydrogens is 353 g/mol. The standard InChI is InChI=1S/C16H21ClNO3PS/c1-4-12-8-7-9-13-10-14(16(17)18-15(12)13)11-21-22(23,19-5-2)20-6-3/h7-10H,4-6,11H2,1-3H3. The molecule has 2 rings (SSSR count). The van der Waals surface area contributed by atoms with Crippen molar-refractivity contribution < 1.29 is 13.6 Å². The summed E-state index contributed by atoms with van der Waals surface area (Å²) in [6, 6.07) is 8.09. The molecule has 0 saturated carbocycles. The van der Waals surface area contributed by atoms with Gasteiger partial charge in [0, 0.05) is 10.9 Å². The maximum absolute atomic E-state index is 6.32. The quantitative estimate of drug-likeness (QED) is 0.466. The van der Waals surface area contributed by atoms with Crippen LogP contribution >= 0.6 is 18.3 Å². The lowest BCUT2D eigenvalue weighted by Gasteiger charge is -2.20. The topological polar surface area (TPSA) is 40.6 Å². The second-order valence-corrected chi connectivity index (χ2v) is 8.21. The summed E-state index contributed by atoms with van der Waals surface area (Å²) < 4.78 is 16.7. The summed E-state index contributed by atoms with van der Waals surface area (Å²) in [5.41, 5.74) is 2.88. The predicted octanol–water partition coefficient (Wildman–Crippen LogP) is 5.26. The molecule has 0 aliphatic rings. The van der Waals surface area contributed by atoms with Gasteiger partial charge in [-0.15, -0.1) is 0 Å². The van der Waals surface area contributed by atoms with Gasteiger partial charge in [0.25, 0.3) is 0 Å². The fourth-order valence-corrected chi connectivity index (χ4v) is 4.38. The van der Waals surface area contributed by atoms with E-state index in [1.165, 1.54) is 5.56 Å². The van der Waals surface area contributed by atoms with Crippen molar-refractivity contribution in [3.63, 3.8) is 0 Å². The summed E-state index contributed by atoms with van der Waals surface area (Å²) in [6.07, 6.45) is 0.909. The molecule has 0 unspecified atom stereocenters. The van der Waals surface area contributed by atoms with Gasteiger partial charge in [-0.2, -0.15) is 0 Å². The zero-order chi connectivity index (χ0) is 16.9. The number of pyridine rings is 1. The van der Waals surface area contributed by atoms with E-state index in [9.17, 15) is 0 Å². The lowest BCUT2D eigenvalue weighted by atomic mass is 10.1. The third kappa shape index (κ3) is 4.72. The first-order valence-corrected chi connectivity index (χ1v) is 10.6. The molecule has 1 aromatic carbocycles. The van der Waals surface area contributed by atoms with Gasteiger partial charge in [-0.05, 0) is 43.7 Å². The molecule has 1 heterocycles. The molecule has 0 N–H and O–H groups in total. The van der Waals surface area contributed by atoms with Gasteiger partial charge in [0.1, 0.15) is 5.15 Å². The number of halogens is 1. The van der Waals surface area contributed by atoms with Crippen LogP contribution in [0, 0.1) is 0 Å². The Morgan fingerprint density at radius 3 is 2.39 bits per heavy atom. The molecule has 0 fully saturated rings. The third-order valence-corrected chi connectivity index (χ3v) is 6.16. The van der Waals surface area contributed by atoms with Gasteiger partial charge in [-0.25, -0.2) is 4.98 Å². The van der Waals surface area contributed by atoms with E-state index in [1.807, 2.05) is 32.0 Å². The lowest BCUT2D eigenvalue weighted by Crippen LogP contribution is -2.01. The minimum atomic E-state index is -2.73. The number of para-hydroxylation sites is 1. The molecule has 0 spiro atoms. The van der Waals surface area contributed by atoms with Crippen LogP contribution in [0.4, 0.5) is 0 Å². The van der Waals surface area contributed by atoms with Crippen molar-refractivity contribution in [1.29, 1.82) is 0 Å². The summed E-state index contributed by atoms with van der Waals surface area (Å²) in [5.74, 6) is 0. The van der Waals surface area contributed by atoms with Crippen molar-refractivity contribution in [1.82, 2.24) is 4.98 Å². The monoisotopic (exact) mass is 373 g/mol. The van der Waals surface area contributed by atoms with E-state index in [-0.39, 0.29) is 6.61 Å². The largest absolute Gasteiger partial charge is 0.327 e. The summed E-state index contributed by atoms with van der Waals surface area (Å²) in [6.45, 7) is 4.20. The summed E-state index contributed by atoms with van der Waals surface area (Å²) >= 11 is 11.7. The van der Waals surface area contributed by atoms with Crippen LogP contribution in [0.15, 0.2) is 24.3 Å². The summed E-state index contributed by atoms with van der Waals surface area (Å²) in [7, 11) is 0. The summed E-state index contributed by atoms with van der Waals surface area (Å²) in [5, 5.41) is 1.46. The van der Waals surface area contributed by atoms with Crippen LogP contribution in [0.25, 0.3) is 10.9 Å². The van der Waals surface area contributed by atoms with E-state index in [4.69, 9.17) is 37.0 Å². The number of aryl methyl sites for hydroxylation is 1. The van der Waals surface area contributed by atoms with E-state index in [2.05, 4.69) is 18.0 Å². The van der Waals surface area contributed by atoms with E-state index in [0.717, 1.165) is 22.9 Å². The maximum atomic E-state index is 6.32. The number of rotatable bonds is 8. The van der Waals surface area contributed by atoms with Gasteiger partial charge in [-0.1, -0.05) is 36.7 Å². The van der Waals surface area contributed by atoms with Gasteiger partial charge in [0.2, 0.25) is 0 Å². The Labute approximate surface area is 147 Å². The Bertz CT molecular complexity index is 716. The molecular formula is C16H21ClNO3PS. The smallest absolute Gasteiger partial charge is 0.309 e. The highest BCUT2D eigenvalue weighted by Gasteiger charge is 2.20. The van der Waals surface area contributed by atoms with Gasteiger partial charge < -0.3 is 13.6 Å². The molecule has 0 bridgehead atoms. The Balaban J connectivity index is 2.26. The van der Waals surface area contributed by atoms with Crippen LogP contribution in [-0.2, 0) is 38.4 Å². The maximum Gasteiger partial charge on any atom is 0.327 e. The van der Waals surface area contributed by atoms with Crippen LogP contribution in [0.3, 0.4) is 0 Å². The van der Waals surface area contributed by atoms with Gasteiger partial charge >= 0.3 is 6.72 Å². The van der Waals surface area contributed by atoms with Crippen molar-refractivity contribution in [3.05, 3.63) is 40.5 Å². The number of nitrogens with zero attached hydrogens (tertiary/aromatic N) is 1. The van der Waals surface area contributed by atoms with Crippen molar-refractivity contribution >= 4 is 41.0 Å². The molecule has 0 amide bonds. The highest BCUT2D eigenvalue weighted by molar-refractivity contribution is 8.07. The lowest BCUT2D eigenvalue weighted by molar-refractivity contribution is 0.161. The molecule has 2 aromatic rings. The fraction of sp³-hybridized carbons (Fsp3) is 0.438. The molecule has 0 radical (unpaired) electrons. The average molecular weight is 374 g/mol. The highest BCUT2D eigenvalue weighted by Crippen LogP contribution is 2.50. The zero-order valence-corrected chi connectivity index (χ0v) is 16.0. The Morgan fingerprint density at radius 2 is 1.78 bits per heavy atom. The second kappa shape index (κ2) is 8.52. The fourth-order valence-electron chi connectivity index (χ4n) is 2.24. The number of benzene rings is 1. The van der Waals surface area contributed by atoms with Crippen molar-refractivity contribution in [2.24, 2.45) is 0 Å². The zero-order valence-electron chi connectivity index (χ0n) is 13.5. The van der Waals surface area contributed by atoms with Crippen LogP contribution in [0.1, 0.15) is 31.9 Å². The van der Waals surface area contributed by atoms with Crippen LogP contribution in [-0.4, -0.2) is 18.2 Å². The number of fused-ring (bicyclic) bond motifs is 1. The van der Waals surface area contributed by atoms with Gasteiger partial charge in [-0.3, -0.25) is 0 Å². The second-order valence-electron chi connectivity index (χ2n) is 4.84. The molecule has 0 aliphatic heterocycles. The molecule has 0 saturated heterocycles. The van der Waals surface area contributed by atoms with Gasteiger partial charge in [0.05, 0.1) is 25.3 Å². The Kier molecular flexibility index (Phi) is 6.96. The van der Waals surface area contributed by atoms with E-state index < -0.39 is 6.72 Å². The van der Waals surface area contributed by atoms with Crippen LogP contribution in [0.5, 0.6) is 0 Å². The number of hydrogen-bond donors (Lipinski definition) is 0. The van der Waals surface area contributed by atoms with E-state index >= 15 is 0 Å². The predicted molar refractivity (Wildman–Crippen MR) is 98.5 cm³/mol. The normalized spacial score (nSPS) is 12.0. The van der Waals surface area contributed by atoms with Crippen molar-refractivity contribution in [2.75, 3.05) is 13.2 Å². The number of aromatic nitrogens is 1. The van der Waals surface area contributed by atoms with Gasteiger partial charge in [0.15, 0.2) is 0 Å².